The second-order valence-electron chi connectivity index (χ2n) is 6.61. The molecule has 0 unspecified atom stereocenters. The maximum Gasteiger partial charge on any atom is 0.282 e. The fraction of sp³-hybridized carbons (Fsp3) is 0.200. The molecular formula is C20H18F2N4O4. The smallest absolute Gasteiger partial charge is 0.282 e. The summed E-state index contributed by atoms with van der Waals surface area (Å²) < 4.78 is 32.3. The molecule has 0 saturated heterocycles. The van der Waals surface area contributed by atoms with Gasteiger partial charge in [0.15, 0.2) is 0 Å². The zero-order chi connectivity index (χ0) is 21.8. The molecule has 0 radical (unpaired) electrons. The topological polar surface area (TPSA) is 99.3 Å². The van der Waals surface area contributed by atoms with Crippen LogP contribution in [-0.4, -0.2) is 20.6 Å². The molecule has 8 nitrogen and oxygen atoms in total. The van der Waals surface area contributed by atoms with E-state index in [4.69, 9.17) is 4.74 Å². The van der Waals surface area contributed by atoms with E-state index in [1.807, 2.05) is 13.0 Å². The molecule has 156 valence electrons. The van der Waals surface area contributed by atoms with Crippen molar-refractivity contribution in [3.05, 3.63) is 75.6 Å². The summed E-state index contributed by atoms with van der Waals surface area (Å²) in [5, 5.41) is 17.5. The summed E-state index contributed by atoms with van der Waals surface area (Å²) >= 11 is 0. The van der Waals surface area contributed by atoms with Gasteiger partial charge in [-0.05, 0) is 37.6 Å². The minimum Gasteiger partial charge on any atom is -0.457 e. The number of hydrogen-bond donors (Lipinski definition) is 1. The molecule has 0 saturated carbocycles. The molecule has 0 atom stereocenters. The number of aryl methyl sites for hydroxylation is 2. The lowest BCUT2D eigenvalue weighted by molar-refractivity contribution is -0.384. The fourth-order valence-electron chi connectivity index (χ4n) is 2.77. The Balaban J connectivity index is 1.80. The lowest BCUT2D eigenvalue weighted by atomic mass is 10.2. The first kappa shape index (κ1) is 20.9. The number of carbonyl (C=O) groups excluding carboxylic acids is 1. The van der Waals surface area contributed by atoms with Crippen molar-refractivity contribution in [2.75, 3.05) is 5.32 Å². The van der Waals surface area contributed by atoms with E-state index < -0.39 is 22.9 Å². The Morgan fingerprint density at radius 2 is 1.97 bits per heavy atom. The second kappa shape index (κ2) is 8.68. The molecule has 0 fully saturated rings. The molecule has 0 bridgehead atoms. The Morgan fingerprint density at radius 3 is 2.60 bits per heavy atom. The number of hydrogen-bond acceptors (Lipinski definition) is 5. The van der Waals surface area contributed by atoms with Gasteiger partial charge >= 0.3 is 0 Å². The van der Waals surface area contributed by atoms with Crippen LogP contribution in [0.5, 0.6) is 11.5 Å². The van der Waals surface area contributed by atoms with Crippen LogP contribution in [0.1, 0.15) is 23.4 Å². The summed E-state index contributed by atoms with van der Waals surface area (Å²) in [5.74, 6) is 0.0730. The van der Waals surface area contributed by atoms with Crippen molar-refractivity contribution in [1.82, 2.24) is 9.78 Å². The number of anilines is 1. The molecule has 1 N–H and O–H groups in total. The number of rotatable bonds is 7. The van der Waals surface area contributed by atoms with Crippen LogP contribution in [0.15, 0.2) is 48.5 Å². The molecule has 2 aromatic carbocycles. The van der Waals surface area contributed by atoms with Crippen molar-refractivity contribution >= 4 is 17.3 Å². The number of amides is 1. The molecular weight excluding hydrogens is 398 g/mol. The third-order valence-corrected chi connectivity index (χ3v) is 4.13. The Labute approximate surface area is 170 Å². The number of aromatic nitrogens is 2. The van der Waals surface area contributed by atoms with Crippen molar-refractivity contribution in [2.24, 2.45) is 0 Å². The van der Waals surface area contributed by atoms with E-state index >= 15 is 0 Å². The van der Waals surface area contributed by atoms with Gasteiger partial charge in [-0.3, -0.25) is 19.6 Å². The van der Waals surface area contributed by atoms with E-state index in [-0.39, 0.29) is 23.7 Å². The third-order valence-electron chi connectivity index (χ3n) is 4.13. The number of alkyl halides is 2. The summed E-state index contributed by atoms with van der Waals surface area (Å²) in [5.41, 5.74) is 0.776. The summed E-state index contributed by atoms with van der Waals surface area (Å²) in [6.07, 6.45) is -2.74. The summed E-state index contributed by atoms with van der Waals surface area (Å²) in [6, 6.07) is 12.2. The predicted molar refractivity (Wildman–Crippen MR) is 105 cm³/mol. The van der Waals surface area contributed by atoms with Gasteiger partial charge in [0.05, 0.1) is 16.7 Å². The maximum absolute atomic E-state index is 12.8. The molecule has 3 rings (SSSR count). The summed E-state index contributed by atoms with van der Waals surface area (Å²) in [4.78, 5) is 23.0. The largest absolute Gasteiger partial charge is 0.457 e. The van der Waals surface area contributed by atoms with Crippen LogP contribution in [0.25, 0.3) is 0 Å². The number of nitro groups is 1. The number of ether oxygens (including phenoxy) is 1. The van der Waals surface area contributed by atoms with Crippen molar-refractivity contribution in [1.29, 1.82) is 0 Å². The molecule has 30 heavy (non-hydrogen) atoms. The SMILES string of the molecule is Cc1cccc(Oc2cc(NC(=O)Cn3nc(C(F)F)cc3C)cc([N+](=O)[O-])c2)c1. The van der Waals surface area contributed by atoms with Gasteiger partial charge in [-0.1, -0.05) is 12.1 Å². The third kappa shape index (κ3) is 5.16. The van der Waals surface area contributed by atoms with E-state index in [0.717, 1.165) is 10.2 Å². The van der Waals surface area contributed by atoms with Gasteiger partial charge in [-0.25, -0.2) is 8.78 Å². The van der Waals surface area contributed by atoms with Gasteiger partial charge in [-0.2, -0.15) is 5.10 Å². The number of non-ortho nitro benzene ring substituents is 1. The van der Waals surface area contributed by atoms with Gasteiger partial charge in [-0.15, -0.1) is 0 Å². The number of nitrogens with one attached hydrogen (secondary N) is 1. The molecule has 10 heteroatoms. The van der Waals surface area contributed by atoms with E-state index in [1.54, 1.807) is 25.1 Å². The van der Waals surface area contributed by atoms with Crippen LogP contribution < -0.4 is 10.1 Å². The van der Waals surface area contributed by atoms with Gasteiger partial charge < -0.3 is 10.1 Å². The van der Waals surface area contributed by atoms with Crippen molar-refractivity contribution in [3.63, 3.8) is 0 Å². The molecule has 1 amide bonds. The normalized spacial score (nSPS) is 10.8. The van der Waals surface area contributed by atoms with Crippen molar-refractivity contribution in [3.8, 4) is 11.5 Å². The number of halogens is 2. The average molecular weight is 416 g/mol. The van der Waals surface area contributed by atoms with Crippen LogP contribution in [0.4, 0.5) is 20.2 Å². The van der Waals surface area contributed by atoms with E-state index in [2.05, 4.69) is 10.4 Å². The Kier molecular flexibility index (Phi) is 6.05. The quantitative estimate of drug-likeness (QED) is 0.442. The van der Waals surface area contributed by atoms with Gasteiger partial charge in [0.2, 0.25) is 5.91 Å². The highest BCUT2D eigenvalue weighted by atomic mass is 19.3. The Morgan fingerprint density at radius 1 is 1.20 bits per heavy atom. The maximum atomic E-state index is 12.8. The first-order valence-electron chi connectivity index (χ1n) is 8.87. The average Bonchev–Trinajstić information content (AvgIpc) is 3.02. The van der Waals surface area contributed by atoms with Gasteiger partial charge in [0.1, 0.15) is 23.7 Å². The minimum absolute atomic E-state index is 0.135. The van der Waals surface area contributed by atoms with Gasteiger partial charge in [0, 0.05) is 17.8 Å². The zero-order valence-electron chi connectivity index (χ0n) is 16.1. The van der Waals surface area contributed by atoms with Gasteiger partial charge in [0.25, 0.3) is 12.1 Å². The highest BCUT2D eigenvalue weighted by molar-refractivity contribution is 5.91. The van der Waals surface area contributed by atoms with Crippen LogP contribution in [-0.2, 0) is 11.3 Å². The van der Waals surface area contributed by atoms with Crippen LogP contribution in [0, 0.1) is 24.0 Å². The summed E-state index contributed by atoms with van der Waals surface area (Å²) in [7, 11) is 0. The number of nitro benzene ring substituents is 1. The first-order valence-corrected chi connectivity index (χ1v) is 8.87. The predicted octanol–water partition coefficient (Wildman–Crippen LogP) is 4.78. The minimum atomic E-state index is -2.74. The standard InChI is InChI=1S/C20H18F2N4O4/c1-12-4-3-5-16(6-12)30-17-9-14(8-15(10-17)26(28)29)23-19(27)11-25-13(2)7-18(24-25)20(21)22/h3-10,20H,11H2,1-2H3,(H,23,27). The van der Waals surface area contributed by atoms with E-state index in [9.17, 15) is 23.7 Å². The lowest BCUT2D eigenvalue weighted by Crippen LogP contribution is -2.20. The first-order chi connectivity index (χ1) is 14.2. The number of benzene rings is 2. The number of carbonyl (C=O) groups is 1. The molecule has 0 aliphatic heterocycles. The Hall–Kier alpha value is -3.82. The van der Waals surface area contributed by atoms with E-state index in [0.29, 0.717) is 11.4 Å². The lowest BCUT2D eigenvalue weighted by Gasteiger charge is -2.10. The second-order valence-corrected chi connectivity index (χ2v) is 6.61. The molecule has 1 heterocycles. The van der Waals surface area contributed by atoms with Crippen molar-refractivity contribution in [2.45, 2.75) is 26.8 Å². The van der Waals surface area contributed by atoms with Crippen LogP contribution in [0.3, 0.4) is 0 Å². The highest BCUT2D eigenvalue weighted by Crippen LogP contribution is 2.30. The molecule has 1 aromatic heterocycles. The van der Waals surface area contributed by atoms with Crippen molar-refractivity contribution < 1.29 is 23.2 Å². The van der Waals surface area contributed by atoms with Crippen LogP contribution >= 0.6 is 0 Å². The monoisotopic (exact) mass is 416 g/mol. The molecule has 0 spiro atoms. The molecule has 0 aliphatic rings. The highest BCUT2D eigenvalue weighted by Gasteiger charge is 2.17. The number of nitrogens with zero attached hydrogens (tertiary/aromatic N) is 3. The fourth-order valence-corrected chi connectivity index (χ4v) is 2.77. The summed E-state index contributed by atoms with van der Waals surface area (Å²) in [6.45, 7) is 3.10. The van der Waals surface area contributed by atoms with Crippen LogP contribution in [0.2, 0.25) is 0 Å². The van der Waals surface area contributed by atoms with E-state index in [1.165, 1.54) is 24.3 Å². The molecule has 3 aromatic rings. The Bertz CT molecular complexity index is 1100. The zero-order valence-corrected chi connectivity index (χ0v) is 16.1. The molecule has 0 aliphatic carbocycles.